The Bertz CT molecular complexity index is 989. The summed E-state index contributed by atoms with van der Waals surface area (Å²) < 4.78 is 30.3. The summed E-state index contributed by atoms with van der Waals surface area (Å²) in [5, 5.41) is 0.709. The van der Waals surface area contributed by atoms with Crippen LogP contribution in [0.4, 0.5) is 0 Å². The first-order valence-electron chi connectivity index (χ1n) is 7.90. The lowest BCUT2D eigenvalue weighted by Crippen LogP contribution is -2.07. The van der Waals surface area contributed by atoms with Gasteiger partial charge < -0.3 is 4.74 Å². The quantitative estimate of drug-likeness (QED) is 0.598. The van der Waals surface area contributed by atoms with E-state index in [4.69, 9.17) is 4.74 Å². The number of benzene rings is 2. The number of hydrogen-bond acceptors (Lipinski definition) is 6. The van der Waals surface area contributed by atoms with Gasteiger partial charge in [-0.3, -0.25) is 0 Å². The number of nitrogens with zero attached hydrogens (tertiary/aromatic N) is 2. The Morgan fingerprint density at radius 3 is 2.35 bits per heavy atom. The molecule has 7 heteroatoms. The molecule has 0 unspecified atom stereocenters. The highest BCUT2D eigenvalue weighted by Gasteiger charge is 2.17. The first-order chi connectivity index (χ1) is 12.5. The molecule has 0 amide bonds. The van der Waals surface area contributed by atoms with Crippen LogP contribution in [0.2, 0.25) is 0 Å². The average Bonchev–Trinajstić information content (AvgIpc) is 2.62. The van der Waals surface area contributed by atoms with Crippen molar-refractivity contribution in [2.75, 3.05) is 7.11 Å². The molecule has 0 saturated heterocycles. The zero-order valence-electron chi connectivity index (χ0n) is 14.4. The molecule has 0 atom stereocenters. The molecule has 0 bridgehead atoms. The van der Waals surface area contributed by atoms with Crippen LogP contribution in [0.15, 0.2) is 75.5 Å². The molecule has 134 valence electrons. The number of aryl methyl sites for hydroxylation is 1. The van der Waals surface area contributed by atoms with Crippen LogP contribution in [0, 0.1) is 6.92 Å². The van der Waals surface area contributed by atoms with Crippen molar-refractivity contribution in [2.45, 2.75) is 27.5 Å². The van der Waals surface area contributed by atoms with Crippen molar-refractivity contribution in [2.24, 2.45) is 0 Å². The molecule has 0 spiro atoms. The SMILES string of the molecule is COc1ccc(Sc2cc(CS(=O)(=O)c3ccccc3)nc(C)n2)cc1. The summed E-state index contributed by atoms with van der Waals surface area (Å²) in [5.74, 6) is 1.17. The van der Waals surface area contributed by atoms with Gasteiger partial charge in [0.2, 0.25) is 0 Å². The van der Waals surface area contributed by atoms with Gasteiger partial charge in [-0.05, 0) is 49.4 Å². The lowest BCUT2D eigenvalue weighted by atomic mass is 10.3. The second-order valence-electron chi connectivity index (χ2n) is 5.59. The predicted molar refractivity (Wildman–Crippen MR) is 101 cm³/mol. The number of aromatic nitrogens is 2. The van der Waals surface area contributed by atoms with Crippen LogP contribution in [0.3, 0.4) is 0 Å². The average molecular weight is 386 g/mol. The van der Waals surface area contributed by atoms with Crippen LogP contribution < -0.4 is 4.74 Å². The predicted octanol–water partition coefficient (Wildman–Crippen LogP) is 3.92. The van der Waals surface area contributed by atoms with E-state index in [1.807, 2.05) is 24.3 Å². The molecule has 0 aliphatic carbocycles. The van der Waals surface area contributed by atoms with Crippen LogP contribution >= 0.6 is 11.8 Å². The Hall–Kier alpha value is -2.38. The van der Waals surface area contributed by atoms with Crippen LogP contribution in [-0.4, -0.2) is 25.5 Å². The summed E-state index contributed by atoms with van der Waals surface area (Å²) >= 11 is 1.46. The van der Waals surface area contributed by atoms with E-state index in [0.29, 0.717) is 21.4 Å². The van der Waals surface area contributed by atoms with Crippen LogP contribution in [0.5, 0.6) is 5.75 Å². The third kappa shape index (κ3) is 4.62. The third-order valence-corrected chi connectivity index (χ3v) is 6.18. The standard InChI is InChI=1S/C19H18N2O3S2/c1-14-20-15(13-26(22,23)18-6-4-3-5-7-18)12-19(21-14)25-17-10-8-16(24-2)9-11-17/h3-12H,13H2,1-2H3. The Morgan fingerprint density at radius 2 is 1.69 bits per heavy atom. The summed E-state index contributed by atoms with van der Waals surface area (Å²) in [7, 11) is -1.82. The maximum absolute atomic E-state index is 12.6. The molecule has 3 rings (SSSR count). The zero-order valence-corrected chi connectivity index (χ0v) is 16.0. The van der Waals surface area contributed by atoms with E-state index in [2.05, 4.69) is 9.97 Å². The number of rotatable bonds is 6. The molecule has 1 aromatic heterocycles. The first kappa shape index (κ1) is 18.4. The summed E-state index contributed by atoms with van der Waals surface area (Å²) in [6, 6.07) is 17.7. The van der Waals surface area contributed by atoms with E-state index in [1.165, 1.54) is 11.8 Å². The van der Waals surface area contributed by atoms with Crippen LogP contribution in [0.25, 0.3) is 0 Å². The van der Waals surface area contributed by atoms with Crippen molar-refractivity contribution in [1.82, 2.24) is 9.97 Å². The van der Waals surface area contributed by atoms with Gasteiger partial charge in [-0.25, -0.2) is 18.4 Å². The zero-order chi connectivity index (χ0) is 18.6. The van der Waals surface area contributed by atoms with Gasteiger partial charge in [0.25, 0.3) is 0 Å². The van der Waals surface area contributed by atoms with Gasteiger partial charge in [0.05, 0.1) is 23.5 Å². The maximum Gasteiger partial charge on any atom is 0.184 e. The van der Waals surface area contributed by atoms with Gasteiger partial charge in [0.15, 0.2) is 9.84 Å². The minimum Gasteiger partial charge on any atom is -0.497 e. The highest BCUT2D eigenvalue weighted by molar-refractivity contribution is 7.99. The van der Waals surface area contributed by atoms with Gasteiger partial charge in [0.1, 0.15) is 16.6 Å². The molecule has 0 fully saturated rings. The largest absolute Gasteiger partial charge is 0.497 e. The second-order valence-corrected chi connectivity index (χ2v) is 8.68. The number of ether oxygens (including phenoxy) is 1. The Kier molecular flexibility index (Phi) is 5.58. The molecule has 1 heterocycles. The van der Waals surface area contributed by atoms with E-state index in [9.17, 15) is 8.42 Å². The van der Waals surface area contributed by atoms with Crippen LogP contribution in [-0.2, 0) is 15.6 Å². The number of hydrogen-bond donors (Lipinski definition) is 0. The molecule has 26 heavy (non-hydrogen) atoms. The fourth-order valence-electron chi connectivity index (χ4n) is 2.40. The summed E-state index contributed by atoms with van der Waals surface area (Å²) in [6.07, 6.45) is 0. The monoisotopic (exact) mass is 386 g/mol. The maximum atomic E-state index is 12.6. The van der Waals surface area contributed by atoms with Gasteiger partial charge in [-0.1, -0.05) is 30.0 Å². The molecule has 0 saturated carbocycles. The molecule has 0 aliphatic heterocycles. The van der Waals surface area contributed by atoms with E-state index >= 15 is 0 Å². The number of sulfone groups is 1. The number of methoxy groups -OCH3 is 1. The van der Waals surface area contributed by atoms with Gasteiger partial charge >= 0.3 is 0 Å². The van der Waals surface area contributed by atoms with Crippen molar-refractivity contribution < 1.29 is 13.2 Å². The van der Waals surface area contributed by atoms with Crippen molar-refractivity contribution in [1.29, 1.82) is 0 Å². The van der Waals surface area contributed by atoms with Crippen molar-refractivity contribution >= 4 is 21.6 Å². The summed E-state index contributed by atoms with van der Waals surface area (Å²) in [5.41, 5.74) is 0.484. The fourth-order valence-corrected chi connectivity index (χ4v) is 4.56. The summed E-state index contributed by atoms with van der Waals surface area (Å²) in [4.78, 5) is 9.97. The normalized spacial score (nSPS) is 11.3. The van der Waals surface area contributed by atoms with Gasteiger partial charge in [-0.2, -0.15) is 0 Å². The molecule has 3 aromatic rings. The van der Waals surface area contributed by atoms with E-state index in [-0.39, 0.29) is 5.75 Å². The lowest BCUT2D eigenvalue weighted by molar-refractivity contribution is 0.414. The smallest absolute Gasteiger partial charge is 0.184 e. The topological polar surface area (TPSA) is 69.2 Å². The highest BCUT2D eigenvalue weighted by Crippen LogP contribution is 2.28. The Balaban J connectivity index is 1.83. The molecule has 2 aromatic carbocycles. The molecule has 0 radical (unpaired) electrons. The van der Waals surface area contributed by atoms with E-state index in [1.54, 1.807) is 50.4 Å². The Morgan fingerprint density at radius 1 is 1.00 bits per heavy atom. The molecule has 0 N–H and O–H groups in total. The third-order valence-electron chi connectivity index (χ3n) is 3.59. The van der Waals surface area contributed by atoms with E-state index in [0.717, 1.165) is 10.6 Å². The second kappa shape index (κ2) is 7.88. The highest BCUT2D eigenvalue weighted by atomic mass is 32.2. The first-order valence-corrected chi connectivity index (χ1v) is 10.4. The van der Waals surface area contributed by atoms with Crippen molar-refractivity contribution in [3.05, 3.63) is 72.2 Å². The van der Waals surface area contributed by atoms with Gasteiger partial charge in [0, 0.05) is 4.90 Å². The van der Waals surface area contributed by atoms with E-state index < -0.39 is 9.84 Å². The van der Waals surface area contributed by atoms with Crippen LogP contribution in [0.1, 0.15) is 11.5 Å². The lowest BCUT2D eigenvalue weighted by Gasteiger charge is -2.08. The molecular weight excluding hydrogens is 368 g/mol. The Labute approximate surface area is 157 Å². The van der Waals surface area contributed by atoms with Crippen molar-refractivity contribution in [3.63, 3.8) is 0 Å². The summed E-state index contributed by atoms with van der Waals surface area (Å²) in [6.45, 7) is 1.76. The minimum atomic E-state index is -3.44. The molecular formula is C19H18N2O3S2. The fraction of sp³-hybridized carbons (Fsp3) is 0.158. The minimum absolute atomic E-state index is 0.156. The molecule has 0 aliphatic rings. The molecule has 5 nitrogen and oxygen atoms in total. The van der Waals surface area contributed by atoms with Gasteiger partial charge in [-0.15, -0.1) is 0 Å². The van der Waals surface area contributed by atoms with Crippen molar-refractivity contribution in [3.8, 4) is 5.75 Å².